The van der Waals surface area contributed by atoms with E-state index in [1.54, 1.807) is 0 Å². The Morgan fingerprint density at radius 2 is 2.33 bits per heavy atom. The quantitative estimate of drug-likeness (QED) is 0.665. The number of aromatic nitrogens is 2. The van der Waals surface area contributed by atoms with E-state index in [9.17, 15) is 9.18 Å². The summed E-state index contributed by atoms with van der Waals surface area (Å²) in [4.78, 5) is 11.8. The van der Waals surface area contributed by atoms with Crippen molar-refractivity contribution in [2.75, 3.05) is 5.73 Å². The number of nitrogen functional groups attached to an aromatic ring is 1. The third kappa shape index (κ3) is 2.32. The van der Waals surface area contributed by atoms with Crippen LogP contribution < -0.4 is 10.5 Å². The normalized spacial score (nSPS) is 10.3. The highest BCUT2D eigenvalue weighted by Crippen LogP contribution is 2.17. The lowest BCUT2D eigenvalue weighted by Crippen LogP contribution is -2.11. The smallest absolute Gasteiger partial charge is 0.348 e. The van der Waals surface area contributed by atoms with E-state index >= 15 is 0 Å². The number of esters is 1. The van der Waals surface area contributed by atoms with Gasteiger partial charge in [0.05, 0.1) is 6.20 Å². The van der Waals surface area contributed by atoms with Gasteiger partial charge in [-0.05, 0) is 19.1 Å². The van der Waals surface area contributed by atoms with Gasteiger partial charge in [-0.15, -0.1) is 0 Å². The first-order valence-corrected chi connectivity index (χ1v) is 5.41. The van der Waals surface area contributed by atoms with Crippen LogP contribution in [0.1, 0.15) is 17.3 Å². The standard InChI is InChI=1S/C12H12FN3O2/c1-2-16-11(14)10(7-15-16)12(17)18-9-5-3-4-8(13)6-9/h3-7H,2,14H2,1H3. The lowest BCUT2D eigenvalue weighted by Gasteiger charge is -2.04. The fourth-order valence-electron chi connectivity index (χ4n) is 1.50. The molecule has 5 nitrogen and oxygen atoms in total. The number of carbonyl (C=O) groups excluding carboxylic acids is 1. The number of ether oxygens (including phenoxy) is 1. The van der Waals surface area contributed by atoms with Gasteiger partial charge in [0.15, 0.2) is 0 Å². The van der Waals surface area contributed by atoms with E-state index in [4.69, 9.17) is 10.5 Å². The number of hydrogen-bond acceptors (Lipinski definition) is 4. The van der Waals surface area contributed by atoms with E-state index in [-0.39, 0.29) is 17.1 Å². The number of nitrogens with two attached hydrogens (primary N) is 1. The van der Waals surface area contributed by atoms with Gasteiger partial charge in [-0.1, -0.05) is 6.07 Å². The molecule has 6 heteroatoms. The molecule has 0 unspecified atom stereocenters. The minimum absolute atomic E-state index is 0.128. The van der Waals surface area contributed by atoms with Crippen molar-refractivity contribution in [2.24, 2.45) is 0 Å². The fourth-order valence-corrected chi connectivity index (χ4v) is 1.50. The van der Waals surface area contributed by atoms with E-state index in [1.807, 2.05) is 6.92 Å². The Bertz CT molecular complexity index is 580. The summed E-state index contributed by atoms with van der Waals surface area (Å²) < 4.78 is 19.4. The Morgan fingerprint density at radius 3 is 2.94 bits per heavy atom. The summed E-state index contributed by atoms with van der Waals surface area (Å²) >= 11 is 0. The van der Waals surface area contributed by atoms with Crippen molar-refractivity contribution in [3.63, 3.8) is 0 Å². The van der Waals surface area contributed by atoms with Crippen molar-refractivity contribution in [1.29, 1.82) is 0 Å². The van der Waals surface area contributed by atoms with E-state index in [0.29, 0.717) is 6.54 Å². The number of anilines is 1. The maximum absolute atomic E-state index is 12.9. The highest BCUT2D eigenvalue weighted by molar-refractivity contribution is 5.95. The molecule has 0 fully saturated rings. The predicted octanol–water partition coefficient (Wildman–Crippen LogP) is 1.84. The van der Waals surface area contributed by atoms with Crippen LogP contribution in [0.15, 0.2) is 30.5 Å². The Morgan fingerprint density at radius 1 is 1.56 bits per heavy atom. The molecule has 2 aromatic rings. The zero-order chi connectivity index (χ0) is 13.1. The van der Waals surface area contributed by atoms with Gasteiger partial charge in [-0.3, -0.25) is 0 Å². The number of hydrogen-bond donors (Lipinski definition) is 1. The van der Waals surface area contributed by atoms with E-state index in [2.05, 4.69) is 5.10 Å². The Labute approximate surface area is 103 Å². The molecule has 0 bridgehead atoms. The van der Waals surface area contributed by atoms with Crippen LogP contribution in [-0.2, 0) is 6.54 Å². The highest BCUT2D eigenvalue weighted by atomic mass is 19.1. The van der Waals surface area contributed by atoms with Crippen LogP contribution in [0, 0.1) is 5.82 Å². The number of benzene rings is 1. The summed E-state index contributed by atoms with van der Waals surface area (Å²) in [5.41, 5.74) is 5.89. The van der Waals surface area contributed by atoms with E-state index in [1.165, 1.54) is 29.1 Å². The van der Waals surface area contributed by atoms with Crippen molar-refractivity contribution in [1.82, 2.24) is 9.78 Å². The molecule has 0 spiro atoms. The molecule has 0 aliphatic heterocycles. The molecule has 18 heavy (non-hydrogen) atoms. The van der Waals surface area contributed by atoms with Crippen LogP contribution in [0.25, 0.3) is 0 Å². The van der Waals surface area contributed by atoms with Gasteiger partial charge >= 0.3 is 5.97 Å². The number of aryl methyl sites for hydroxylation is 1. The van der Waals surface area contributed by atoms with Gasteiger partial charge in [-0.25, -0.2) is 13.9 Å². The molecule has 0 saturated carbocycles. The summed E-state index contributed by atoms with van der Waals surface area (Å²) in [6.07, 6.45) is 1.33. The number of carbonyl (C=O) groups is 1. The van der Waals surface area contributed by atoms with Gasteiger partial charge in [-0.2, -0.15) is 5.10 Å². The van der Waals surface area contributed by atoms with Crippen molar-refractivity contribution < 1.29 is 13.9 Å². The molecular weight excluding hydrogens is 237 g/mol. The van der Waals surface area contributed by atoms with Gasteiger partial charge in [0.25, 0.3) is 0 Å². The lowest BCUT2D eigenvalue weighted by molar-refractivity contribution is 0.0735. The molecule has 0 aliphatic carbocycles. The minimum Gasteiger partial charge on any atom is -0.423 e. The summed E-state index contributed by atoms with van der Waals surface area (Å²) in [6.45, 7) is 2.41. The zero-order valence-corrected chi connectivity index (χ0v) is 9.76. The molecule has 2 rings (SSSR count). The predicted molar refractivity (Wildman–Crippen MR) is 63.7 cm³/mol. The average Bonchev–Trinajstić information content (AvgIpc) is 2.70. The maximum atomic E-state index is 12.9. The van der Waals surface area contributed by atoms with Crippen LogP contribution in [0.4, 0.5) is 10.2 Å². The van der Waals surface area contributed by atoms with Crippen LogP contribution >= 0.6 is 0 Å². The second-order valence-electron chi connectivity index (χ2n) is 3.61. The van der Waals surface area contributed by atoms with Crippen LogP contribution in [0.3, 0.4) is 0 Å². The summed E-state index contributed by atoms with van der Waals surface area (Å²) in [5, 5.41) is 3.93. The maximum Gasteiger partial charge on any atom is 0.348 e. The molecule has 94 valence electrons. The van der Waals surface area contributed by atoms with Gasteiger partial charge in [0.2, 0.25) is 0 Å². The number of halogens is 1. The van der Waals surface area contributed by atoms with Crippen molar-refractivity contribution in [2.45, 2.75) is 13.5 Å². The monoisotopic (exact) mass is 249 g/mol. The van der Waals surface area contributed by atoms with Crippen molar-refractivity contribution in [3.8, 4) is 5.75 Å². The Hall–Kier alpha value is -2.37. The van der Waals surface area contributed by atoms with Crippen LogP contribution in [-0.4, -0.2) is 15.7 Å². The van der Waals surface area contributed by atoms with Crippen LogP contribution in [0.5, 0.6) is 5.75 Å². The second kappa shape index (κ2) is 4.87. The average molecular weight is 249 g/mol. The van der Waals surface area contributed by atoms with Crippen molar-refractivity contribution in [3.05, 3.63) is 41.8 Å². The van der Waals surface area contributed by atoms with Crippen LogP contribution in [0.2, 0.25) is 0 Å². The van der Waals surface area contributed by atoms with Crippen molar-refractivity contribution >= 4 is 11.8 Å². The minimum atomic E-state index is -0.655. The third-order valence-corrected chi connectivity index (χ3v) is 2.41. The molecule has 1 aromatic carbocycles. The third-order valence-electron chi connectivity index (χ3n) is 2.41. The first kappa shape index (κ1) is 12.1. The Kier molecular flexibility index (Phi) is 3.27. The van der Waals surface area contributed by atoms with Gasteiger partial charge in [0.1, 0.15) is 22.9 Å². The molecule has 0 saturated heterocycles. The molecule has 1 heterocycles. The summed E-state index contributed by atoms with van der Waals surface area (Å²) in [6, 6.07) is 5.33. The summed E-state index contributed by atoms with van der Waals surface area (Å²) in [5.74, 6) is -0.766. The molecule has 0 aliphatic rings. The molecule has 2 N–H and O–H groups in total. The van der Waals surface area contributed by atoms with Gasteiger partial charge < -0.3 is 10.5 Å². The second-order valence-corrected chi connectivity index (χ2v) is 3.61. The largest absolute Gasteiger partial charge is 0.423 e. The first-order chi connectivity index (χ1) is 8.61. The lowest BCUT2D eigenvalue weighted by atomic mass is 10.3. The Balaban J connectivity index is 2.19. The number of rotatable bonds is 3. The van der Waals surface area contributed by atoms with E-state index < -0.39 is 11.8 Å². The molecular formula is C12H12FN3O2. The summed E-state index contributed by atoms with van der Waals surface area (Å²) in [7, 11) is 0. The highest BCUT2D eigenvalue weighted by Gasteiger charge is 2.16. The topological polar surface area (TPSA) is 70.1 Å². The van der Waals surface area contributed by atoms with Gasteiger partial charge in [0, 0.05) is 12.6 Å². The molecule has 0 amide bonds. The van der Waals surface area contributed by atoms with E-state index in [0.717, 1.165) is 6.07 Å². The molecule has 1 aromatic heterocycles. The number of nitrogens with zero attached hydrogens (tertiary/aromatic N) is 2. The molecule has 0 radical (unpaired) electrons. The molecule has 0 atom stereocenters. The fraction of sp³-hybridized carbons (Fsp3) is 0.167. The SMILES string of the molecule is CCn1ncc(C(=O)Oc2cccc(F)c2)c1N. The zero-order valence-electron chi connectivity index (χ0n) is 9.76. The first-order valence-electron chi connectivity index (χ1n) is 5.41.